The lowest BCUT2D eigenvalue weighted by atomic mass is 9.81. The molecule has 3 aromatic rings. The van der Waals surface area contributed by atoms with E-state index in [0.717, 1.165) is 29.5 Å². The molecule has 182 valence electrons. The lowest BCUT2D eigenvalue weighted by Crippen LogP contribution is -2.47. The first kappa shape index (κ1) is 24.9. The predicted molar refractivity (Wildman–Crippen MR) is 127 cm³/mol. The summed E-state index contributed by atoms with van der Waals surface area (Å²) in [4.78, 5) is 0. The van der Waals surface area contributed by atoms with Gasteiger partial charge in [0, 0.05) is 29.4 Å². The van der Waals surface area contributed by atoms with E-state index in [1.807, 2.05) is 24.5 Å². The smallest absolute Gasteiger partial charge is 0.267 e. The van der Waals surface area contributed by atoms with Crippen molar-refractivity contribution in [2.45, 2.75) is 37.6 Å². The summed E-state index contributed by atoms with van der Waals surface area (Å²) in [6, 6.07) is 12.3. The second kappa shape index (κ2) is 10.2. The van der Waals surface area contributed by atoms with Gasteiger partial charge in [-0.1, -0.05) is 19.1 Å². The SMILES string of the molecule is COC(C)[n+]1cnn(C[C@](O)(c2cc(F)ccc2F)C(C)C2NC(c3ccc(C#N)cc3)=CS2)c1. The van der Waals surface area contributed by atoms with Gasteiger partial charge >= 0.3 is 0 Å². The van der Waals surface area contributed by atoms with Crippen LogP contribution in [0.5, 0.6) is 0 Å². The van der Waals surface area contributed by atoms with Crippen LogP contribution in [-0.2, 0) is 16.9 Å². The molecule has 2 heterocycles. The fourth-order valence-corrected chi connectivity index (χ4v) is 5.16. The number of aromatic nitrogens is 3. The molecule has 0 amide bonds. The minimum atomic E-state index is -1.80. The molecular formula is C25H26F2N5O2S+. The molecule has 2 aromatic carbocycles. The summed E-state index contributed by atoms with van der Waals surface area (Å²) < 4.78 is 37.6. The van der Waals surface area contributed by atoms with Gasteiger partial charge in [0.25, 0.3) is 6.33 Å². The standard InChI is InChI=1S/C25H26F2N5O2S/c1-16(24-30-23(12-35-24)19-6-4-18(11-28)5-7-19)25(33,21-10-20(26)8-9-22(21)27)13-32-15-31(14-29-32)17(2)34-3/h4-10,12,14-17,24,30,33H,13H2,1-3H3/q+1/t16?,17?,24?,25-/m1/s1. The Hall–Kier alpha value is -3.26. The number of rotatable bonds is 8. The minimum Gasteiger partial charge on any atom is -0.381 e. The van der Waals surface area contributed by atoms with E-state index in [4.69, 9.17) is 10.00 Å². The van der Waals surface area contributed by atoms with Crippen molar-refractivity contribution in [3.8, 4) is 6.07 Å². The fraction of sp³-hybridized carbons (Fsp3) is 0.320. The molecule has 0 saturated heterocycles. The zero-order valence-corrected chi connectivity index (χ0v) is 20.3. The highest BCUT2D eigenvalue weighted by Crippen LogP contribution is 2.42. The Labute approximate surface area is 206 Å². The number of hydrogen-bond acceptors (Lipinski definition) is 6. The number of benzene rings is 2. The van der Waals surface area contributed by atoms with Crippen LogP contribution >= 0.6 is 11.8 Å². The Bertz CT molecular complexity index is 1270. The van der Waals surface area contributed by atoms with Crippen LogP contribution in [0.1, 0.15) is 36.8 Å². The second-order valence-electron chi connectivity index (χ2n) is 8.49. The molecule has 2 N–H and O–H groups in total. The number of nitriles is 1. The zero-order valence-electron chi connectivity index (χ0n) is 19.5. The molecule has 1 aliphatic rings. The zero-order chi connectivity index (χ0) is 25.2. The Morgan fingerprint density at radius 2 is 2.03 bits per heavy atom. The van der Waals surface area contributed by atoms with Crippen LogP contribution < -0.4 is 9.88 Å². The van der Waals surface area contributed by atoms with Crippen molar-refractivity contribution in [1.82, 2.24) is 15.1 Å². The molecule has 0 aliphatic carbocycles. The number of aliphatic hydroxyl groups is 1. The summed E-state index contributed by atoms with van der Waals surface area (Å²) >= 11 is 1.45. The van der Waals surface area contributed by atoms with Crippen LogP contribution in [0.2, 0.25) is 0 Å². The van der Waals surface area contributed by atoms with E-state index in [-0.39, 0.29) is 23.7 Å². The summed E-state index contributed by atoms with van der Waals surface area (Å²) in [7, 11) is 1.57. The number of halogens is 2. The number of hydrogen-bond donors (Lipinski definition) is 2. The average Bonchev–Trinajstić information content (AvgIpc) is 3.54. The summed E-state index contributed by atoms with van der Waals surface area (Å²) in [5, 5.41) is 30.3. The topological polar surface area (TPSA) is 87.0 Å². The van der Waals surface area contributed by atoms with Gasteiger partial charge in [0.05, 0.1) is 17.0 Å². The highest BCUT2D eigenvalue weighted by Gasteiger charge is 2.46. The lowest BCUT2D eigenvalue weighted by molar-refractivity contribution is -0.757. The molecule has 1 aromatic heterocycles. The Morgan fingerprint density at radius 3 is 2.71 bits per heavy atom. The van der Waals surface area contributed by atoms with Gasteiger partial charge in [-0.3, -0.25) is 0 Å². The highest BCUT2D eigenvalue weighted by atomic mass is 32.2. The van der Waals surface area contributed by atoms with Gasteiger partial charge < -0.3 is 15.2 Å². The van der Waals surface area contributed by atoms with E-state index >= 15 is 0 Å². The van der Waals surface area contributed by atoms with E-state index in [9.17, 15) is 13.9 Å². The maximum absolute atomic E-state index is 15.0. The fourth-order valence-electron chi connectivity index (χ4n) is 4.01. The van der Waals surface area contributed by atoms with Gasteiger partial charge in [-0.15, -0.1) is 16.4 Å². The maximum atomic E-state index is 15.0. The third-order valence-corrected chi connectivity index (χ3v) is 7.51. The Balaban J connectivity index is 1.64. The molecule has 0 saturated carbocycles. The van der Waals surface area contributed by atoms with Crippen molar-refractivity contribution >= 4 is 17.5 Å². The molecule has 0 radical (unpaired) electrons. The normalized spacial score (nSPS) is 18.8. The quantitative estimate of drug-likeness (QED) is 0.461. The van der Waals surface area contributed by atoms with Crippen LogP contribution in [0.25, 0.3) is 5.70 Å². The lowest BCUT2D eigenvalue weighted by Gasteiger charge is -2.36. The molecule has 7 nitrogen and oxygen atoms in total. The van der Waals surface area contributed by atoms with Gasteiger partial charge in [-0.25, -0.2) is 13.3 Å². The molecular weight excluding hydrogens is 472 g/mol. The Morgan fingerprint density at radius 1 is 1.29 bits per heavy atom. The van der Waals surface area contributed by atoms with Crippen LogP contribution in [0.3, 0.4) is 0 Å². The number of ether oxygens (including phenoxy) is 1. The largest absolute Gasteiger partial charge is 0.381 e. The van der Waals surface area contributed by atoms with Crippen molar-refractivity contribution < 1.29 is 23.2 Å². The van der Waals surface area contributed by atoms with E-state index in [1.165, 1.54) is 16.4 Å². The molecule has 0 fully saturated rings. The van der Waals surface area contributed by atoms with Crippen LogP contribution in [0.4, 0.5) is 8.78 Å². The first-order chi connectivity index (χ1) is 16.7. The maximum Gasteiger partial charge on any atom is 0.267 e. The van der Waals surface area contributed by atoms with E-state index in [0.29, 0.717) is 5.56 Å². The molecule has 3 unspecified atom stereocenters. The monoisotopic (exact) mass is 498 g/mol. The number of nitrogens with one attached hydrogen (secondary N) is 1. The van der Waals surface area contributed by atoms with Crippen molar-refractivity contribution in [1.29, 1.82) is 5.26 Å². The van der Waals surface area contributed by atoms with Gasteiger partial charge in [-0.05, 0) is 48.2 Å². The number of nitrogens with zero attached hydrogens (tertiary/aromatic N) is 4. The van der Waals surface area contributed by atoms with Crippen molar-refractivity contribution in [2.24, 2.45) is 5.92 Å². The van der Waals surface area contributed by atoms with Crippen LogP contribution in [0, 0.1) is 28.9 Å². The van der Waals surface area contributed by atoms with E-state index in [1.54, 1.807) is 43.4 Å². The molecule has 1 aliphatic heterocycles. The highest BCUT2D eigenvalue weighted by molar-refractivity contribution is 8.03. The van der Waals surface area contributed by atoms with Gasteiger partial charge in [0.15, 0.2) is 6.23 Å². The molecule has 0 spiro atoms. The van der Waals surface area contributed by atoms with Gasteiger partial charge in [-0.2, -0.15) is 5.26 Å². The van der Waals surface area contributed by atoms with Crippen LogP contribution in [-0.4, -0.2) is 27.4 Å². The van der Waals surface area contributed by atoms with E-state index in [2.05, 4.69) is 16.5 Å². The second-order valence-corrected chi connectivity index (χ2v) is 9.50. The Kier molecular flexibility index (Phi) is 7.21. The van der Waals surface area contributed by atoms with Crippen molar-refractivity contribution in [2.75, 3.05) is 7.11 Å². The molecule has 35 heavy (non-hydrogen) atoms. The first-order valence-electron chi connectivity index (χ1n) is 11.0. The number of thioether (sulfide) groups is 1. The molecule has 0 bridgehead atoms. The van der Waals surface area contributed by atoms with Crippen molar-refractivity contribution in [3.63, 3.8) is 0 Å². The number of methoxy groups -OCH3 is 1. The van der Waals surface area contributed by atoms with Crippen molar-refractivity contribution in [3.05, 3.63) is 88.9 Å². The third-order valence-electron chi connectivity index (χ3n) is 6.32. The predicted octanol–water partition coefficient (Wildman–Crippen LogP) is 3.67. The molecule has 4 rings (SSSR count). The van der Waals surface area contributed by atoms with Crippen LogP contribution in [0.15, 0.2) is 60.5 Å². The third kappa shape index (κ3) is 5.07. The summed E-state index contributed by atoms with van der Waals surface area (Å²) in [6.07, 6.45) is 2.92. The first-order valence-corrected chi connectivity index (χ1v) is 12.0. The molecule has 4 atom stereocenters. The van der Waals surface area contributed by atoms with E-state index < -0.39 is 23.2 Å². The summed E-state index contributed by atoms with van der Waals surface area (Å²) in [5.74, 6) is -1.92. The van der Waals surface area contributed by atoms with Gasteiger partial charge in [0.2, 0.25) is 6.33 Å². The summed E-state index contributed by atoms with van der Waals surface area (Å²) in [5.41, 5.74) is 0.323. The average molecular weight is 499 g/mol. The summed E-state index contributed by atoms with van der Waals surface area (Å²) in [6.45, 7) is 3.52. The molecule has 10 heteroatoms. The minimum absolute atomic E-state index is 0.108. The van der Waals surface area contributed by atoms with Gasteiger partial charge in [0.1, 0.15) is 23.8 Å².